The van der Waals surface area contributed by atoms with Crippen LogP contribution in [0, 0.1) is 11.3 Å². The van der Waals surface area contributed by atoms with Gasteiger partial charge < -0.3 is 9.47 Å². The third-order valence-electron chi connectivity index (χ3n) is 4.03. The van der Waals surface area contributed by atoms with Crippen LogP contribution in [-0.2, 0) is 6.42 Å². The summed E-state index contributed by atoms with van der Waals surface area (Å²) in [5.74, 6) is 1.40. The number of hydrogen-bond acceptors (Lipinski definition) is 4. The van der Waals surface area contributed by atoms with Gasteiger partial charge in [-0.15, -0.1) is 0 Å². The molecule has 0 N–H and O–H groups in total. The third-order valence-corrected chi connectivity index (χ3v) is 4.03. The van der Waals surface area contributed by atoms with Crippen molar-refractivity contribution in [1.82, 2.24) is 4.90 Å². The minimum Gasteiger partial charge on any atom is -0.493 e. The Bertz CT molecular complexity index is 532. The average molecular weight is 260 g/mol. The van der Waals surface area contributed by atoms with E-state index in [0.717, 1.165) is 23.3 Å². The number of nitrogens with zero attached hydrogens (tertiary/aromatic N) is 2. The molecule has 1 aliphatic rings. The summed E-state index contributed by atoms with van der Waals surface area (Å²) >= 11 is 0. The van der Waals surface area contributed by atoms with Crippen LogP contribution in [0.25, 0.3) is 0 Å². The molecule has 4 nitrogen and oxygen atoms in total. The van der Waals surface area contributed by atoms with Crippen LogP contribution in [0.2, 0.25) is 0 Å². The molecule has 0 radical (unpaired) electrons. The molecule has 4 heteroatoms. The highest BCUT2D eigenvalue weighted by molar-refractivity contribution is 5.51. The van der Waals surface area contributed by atoms with Crippen molar-refractivity contribution in [2.75, 3.05) is 21.3 Å². The van der Waals surface area contributed by atoms with E-state index in [1.807, 2.05) is 19.2 Å². The summed E-state index contributed by atoms with van der Waals surface area (Å²) in [7, 11) is 5.24. The molecular formula is C15H20N2O2. The molecule has 19 heavy (non-hydrogen) atoms. The van der Waals surface area contributed by atoms with Crippen molar-refractivity contribution in [3.05, 3.63) is 23.3 Å². The quantitative estimate of drug-likeness (QED) is 0.819. The Hall–Kier alpha value is -1.73. The summed E-state index contributed by atoms with van der Waals surface area (Å²) in [5.41, 5.74) is 2.13. The van der Waals surface area contributed by atoms with Crippen LogP contribution >= 0.6 is 0 Å². The summed E-state index contributed by atoms with van der Waals surface area (Å²) in [5, 5.41) is 9.47. The summed E-state index contributed by atoms with van der Waals surface area (Å²) < 4.78 is 10.7. The van der Waals surface area contributed by atoms with E-state index in [1.54, 1.807) is 14.2 Å². The Labute approximate surface area is 114 Å². The smallest absolute Gasteiger partial charge is 0.161 e. The van der Waals surface area contributed by atoms with E-state index in [4.69, 9.17) is 9.47 Å². The van der Waals surface area contributed by atoms with Gasteiger partial charge >= 0.3 is 0 Å². The van der Waals surface area contributed by atoms with E-state index in [0.29, 0.717) is 5.75 Å². The molecule has 1 heterocycles. The van der Waals surface area contributed by atoms with Gasteiger partial charge in [-0.1, -0.05) is 0 Å². The molecule has 1 aliphatic heterocycles. The van der Waals surface area contributed by atoms with Crippen molar-refractivity contribution in [2.24, 2.45) is 0 Å². The first kappa shape index (κ1) is 13.7. The molecule has 0 saturated carbocycles. The van der Waals surface area contributed by atoms with Crippen LogP contribution in [0.1, 0.15) is 31.0 Å². The molecule has 0 fully saturated rings. The highest BCUT2D eigenvalue weighted by atomic mass is 16.5. The van der Waals surface area contributed by atoms with Gasteiger partial charge in [-0.3, -0.25) is 4.90 Å². The van der Waals surface area contributed by atoms with E-state index in [2.05, 4.69) is 24.8 Å². The predicted molar refractivity (Wildman–Crippen MR) is 73.4 cm³/mol. The highest BCUT2D eigenvalue weighted by Gasteiger charge is 2.37. The van der Waals surface area contributed by atoms with Gasteiger partial charge in [0.25, 0.3) is 0 Å². The van der Waals surface area contributed by atoms with Crippen molar-refractivity contribution >= 4 is 0 Å². The molecule has 0 aromatic heterocycles. The monoisotopic (exact) mass is 260 g/mol. The highest BCUT2D eigenvalue weighted by Crippen LogP contribution is 2.42. The van der Waals surface area contributed by atoms with Crippen molar-refractivity contribution < 1.29 is 9.47 Å². The average Bonchev–Trinajstić information content (AvgIpc) is 2.38. The Morgan fingerprint density at radius 1 is 1.26 bits per heavy atom. The Balaban J connectivity index is 2.60. The molecule has 0 saturated heterocycles. The Morgan fingerprint density at radius 3 is 2.37 bits per heavy atom. The second kappa shape index (κ2) is 4.75. The molecule has 0 amide bonds. The zero-order valence-electron chi connectivity index (χ0n) is 12.2. The van der Waals surface area contributed by atoms with Gasteiger partial charge in [0.1, 0.15) is 6.04 Å². The molecule has 102 valence electrons. The van der Waals surface area contributed by atoms with Crippen molar-refractivity contribution in [2.45, 2.75) is 31.8 Å². The normalized spacial score (nSPS) is 21.4. The fourth-order valence-electron chi connectivity index (χ4n) is 2.65. The van der Waals surface area contributed by atoms with E-state index in [-0.39, 0.29) is 11.6 Å². The van der Waals surface area contributed by atoms with Crippen molar-refractivity contribution in [1.29, 1.82) is 5.26 Å². The summed E-state index contributed by atoms with van der Waals surface area (Å²) in [4.78, 5) is 2.11. The topological polar surface area (TPSA) is 45.5 Å². The van der Waals surface area contributed by atoms with Gasteiger partial charge in [-0.25, -0.2) is 0 Å². The van der Waals surface area contributed by atoms with Gasteiger partial charge in [-0.2, -0.15) is 5.26 Å². The van der Waals surface area contributed by atoms with Gasteiger partial charge in [0.15, 0.2) is 11.5 Å². The lowest BCUT2D eigenvalue weighted by Gasteiger charge is -2.44. The number of nitriles is 1. The number of benzene rings is 1. The molecular weight excluding hydrogens is 240 g/mol. The zero-order valence-corrected chi connectivity index (χ0v) is 12.2. The summed E-state index contributed by atoms with van der Waals surface area (Å²) in [6, 6.07) is 6.05. The predicted octanol–water partition coefficient (Wildman–Crippen LogP) is 2.53. The summed E-state index contributed by atoms with van der Waals surface area (Å²) in [6.07, 6.45) is 0.886. The lowest BCUT2D eigenvalue weighted by Crippen LogP contribution is -2.48. The number of likely N-dealkylation sites (N-methyl/N-ethyl adjacent to an activating group) is 1. The van der Waals surface area contributed by atoms with Crippen molar-refractivity contribution in [3.63, 3.8) is 0 Å². The summed E-state index contributed by atoms with van der Waals surface area (Å²) in [6.45, 7) is 4.30. The number of methoxy groups -OCH3 is 2. The van der Waals surface area contributed by atoms with Crippen LogP contribution in [0.5, 0.6) is 11.5 Å². The largest absolute Gasteiger partial charge is 0.493 e. The lowest BCUT2D eigenvalue weighted by molar-refractivity contribution is 0.112. The molecule has 1 unspecified atom stereocenters. The van der Waals surface area contributed by atoms with Gasteiger partial charge in [-0.05, 0) is 50.6 Å². The first-order valence-corrected chi connectivity index (χ1v) is 6.32. The molecule has 2 rings (SSSR count). The zero-order chi connectivity index (χ0) is 14.2. The molecule has 1 aromatic rings. The number of rotatable bonds is 2. The van der Waals surface area contributed by atoms with Crippen LogP contribution < -0.4 is 9.47 Å². The Morgan fingerprint density at radius 2 is 1.84 bits per heavy atom. The van der Waals surface area contributed by atoms with Crippen LogP contribution in [0.3, 0.4) is 0 Å². The molecule has 0 aliphatic carbocycles. The number of fused-ring (bicyclic) bond motifs is 1. The molecule has 1 atom stereocenters. The fourth-order valence-corrected chi connectivity index (χ4v) is 2.65. The third kappa shape index (κ3) is 2.15. The van der Waals surface area contributed by atoms with Gasteiger partial charge in [0.2, 0.25) is 0 Å². The minimum atomic E-state index is -0.251. The minimum absolute atomic E-state index is 0.0486. The van der Waals surface area contributed by atoms with Gasteiger partial charge in [0, 0.05) is 5.54 Å². The first-order valence-electron chi connectivity index (χ1n) is 6.32. The fraction of sp³-hybridized carbons (Fsp3) is 0.533. The lowest BCUT2D eigenvalue weighted by atomic mass is 9.82. The molecule has 1 aromatic carbocycles. The van der Waals surface area contributed by atoms with E-state index >= 15 is 0 Å². The second-order valence-electron chi connectivity index (χ2n) is 5.54. The van der Waals surface area contributed by atoms with Crippen LogP contribution in [0.4, 0.5) is 0 Å². The van der Waals surface area contributed by atoms with E-state index < -0.39 is 0 Å². The van der Waals surface area contributed by atoms with E-state index in [9.17, 15) is 5.26 Å². The SMILES string of the molecule is COc1cc2c(cc1OC)C(C#N)N(C)C(C)(C)C2. The Kier molecular flexibility index (Phi) is 3.42. The second-order valence-corrected chi connectivity index (χ2v) is 5.54. The standard InChI is InChI=1S/C15H20N2O2/c1-15(2)8-10-6-13(18-4)14(19-5)7-11(10)12(9-16)17(15)3/h6-7,12H,8H2,1-5H3. The van der Waals surface area contributed by atoms with E-state index in [1.165, 1.54) is 0 Å². The first-order chi connectivity index (χ1) is 8.94. The maximum absolute atomic E-state index is 9.47. The molecule has 0 spiro atoms. The van der Waals surface area contributed by atoms with Crippen molar-refractivity contribution in [3.8, 4) is 17.6 Å². The molecule has 0 bridgehead atoms. The maximum Gasteiger partial charge on any atom is 0.161 e. The number of ether oxygens (including phenoxy) is 2. The van der Waals surface area contributed by atoms with Crippen LogP contribution in [-0.4, -0.2) is 31.7 Å². The van der Waals surface area contributed by atoms with Gasteiger partial charge in [0.05, 0.1) is 20.3 Å². The maximum atomic E-state index is 9.47. The number of hydrogen-bond donors (Lipinski definition) is 0. The van der Waals surface area contributed by atoms with Crippen LogP contribution in [0.15, 0.2) is 12.1 Å².